The molecule has 0 aromatic carbocycles. The molecule has 0 radical (unpaired) electrons. The smallest absolute Gasteiger partial charge is 0.158 e. The number of fused-ring (bicyclic) bond motifs is 2. The minimum atomic E-state index is -0.210. The van der Waals surface area contributed by atoms with Crippen molar-refractivity contribution < 1.29 is 9.84 Å². The Morgan fingerprint density at radius 3 is 2.82 bits per heavy atom. The maximum absolute atomic E-state index is 9.80. The Balaban J connectivity index is 1.28. The van der Waals surface area contributed by atoms with Gasteiger partial charge in [-0.15, -0.1) is 0 Å². The van der Waals surface area contributed by atoms with Crippen molar-refractivity contribution in [3.05, 3.63) is 60.8 Å². The van der Waals surface area contributed by atoms with E-state index in [1.807, 2.05) is 42.0 Å². The molecular weight excluding hydrogens is 430 g/mol. The summed E-state index contributed by atoms with van der Waals surface area (Å²) in [6.45, 7) is 1.98. The number of rotatable bonds is 5. The molecule has 172 valence electrons. The van der Waals surface area contributed by atoms with Crippen LogP contribution >= 0.6 is 0 Å². The number of aliphatic hydroxyl groups excluding tert-OH is 1. The highest BCUT2D eigenvalue weighted by Crippen LogP contribution is 2.34. The number of pyridine rings is 2. The summed E-state index contributed by atoms with van der Waals surface area (Å²) in [7, 11) is 0. The SMILES string of the molecule is Cc1cc(-c2ccn3nc(Nc4cnc5cc[nH]c5n4)cc3c2)c(OC2CCC(O)CC2)cn1. The molecule has 5 heterocycles. The molecule has 0 spiro atoms. The standard InChI is InChI=1S/C25H25N7O2/c1-15-10-20(22(13-27-15)34-19-4-2-18(33)3-5-19)16-7-9-32-17(11-16)12-23(31-32)29-24-14-28-21-6-8-26-25(21)30-24/h6-14,18-19,33H,2-5H2,1H3,(H2,26,29,30,31). The fourth-order valence-corrected chi connectivity index (χ4v) is 4.45. The van der Waals surface area contributed by atoms with Gasteiger partial charge in [-0.25, -0.2) is 14.5 Å². The third-order valence-electron chi connectivity index (χ3n) is 6.23. The Labute approximate surface area is 195 Å². The third kappa shape index (κ3) is 4.06. The molecule has 1 saturated carbocycles. The molecular formula is C25H25N7O2. The summed E-state index contributed by atoms with van der Waals surface area (Å²) in [6, 6.07) is 10.0. The lowest BCUT2D eigenvalue weighted by atomic mass is 9.95. The van der Waals surface area contributed by atoms with Gasteiger partial charge in [0.25, 0.3) is 0 Å². The van der Waals surface area contributed by atoms with Crippen molar-refractivity contribution in [2.75, 3.05) is 5.32 Å². The van der Waals surface area contributed by atoms with Crippen molar-refractivity contribution in [1.29, 1.82) is 0 Å². The molecule has 5 aromatic heterocycles. The summed E-state index contributed by atoms with van der Waals surface area (Å²) in [5, 5.41) is 17.6. The number of aliphatic hydroxyl groups is 1. The van der Waals surface area contributed by atoms with Crippen LogP contribution in [0.2, 0.25) is 0 Å². The largest absolute Gasteiger partial charge is 0.488 e. The van der Waals surface area contributed by atoms with E-state index in [2.05, 4.69) is 42.5 Å². The minimum Gasteiger partial charge on any atom is -0.488 e. The van der Waals surface area contributed by atoms with Gasteiger partial charge in [0.1, 0.15) is 11.3 Å². The van der Waals surface area contributed by atoms with E-state index in [1.54, 1.807) is 12.4 Å². The zero-order valence-electron chi connectivity index (χ0n) is 18.8. The van der Waals surface area contributed by atoms with Crippen molar-refractivity contribution >= 4 is 28.3 Å². The summed E-state index contributed by atoms with van der Waals surface area (Å²) in [6.07, 6.45) is 10.4. The fourth-order valence-electron chi connectivity index (χ4n) is 4.45. The van der Waals surface area contributed by atoms with Gasteiger partial charge in [-0.2, -0.15) is 5.10 Å². The van der Waals surface area contributed by atoms with Gasteiger partial charge in [0, 0.05) is 29.7 Å². The number of aromatic amines is 1. The molecule has 9 heteroatoms. The molecule has 0 bridgehead atoms. The van der Waals surface area contributed by atoms with Gasteiger partial charge in [-0.3, -0.25) is 4.98 Å². The molecule has 34 heavy (non-hydrogen) atoms. The second-order valence-electron chi connectivity index (χ2n) is 8.78. The first-order valence-corrected chi connectivity index (χ1v) is 11.5. The molecule has 3 N–H and O–H groups in total. The molecule has 5 aromatic rings. The van der Waals surface area contributed by atoms with Crippen molar-refractivity contribution in [2.24, 2.45) is 0 Å². The Morgan fingerprint density at radius 1 is 1.06 bits per heavy atom. The minimum absolute atomic E-state index is 0.0966. The number of nitrogens with one attached hydrogen (secondary N) is 2. The number of hydrogen-bond donors (Lipinski definition) is 3. The zero-order valence-corrected chi connectivity index (χ0v) is 18.8. The molecule has 0 amide bonds. The maximum atomic E-state index is 9.80. The van der Waals surface area contributed by atoms with Gasteiger partial charge < -0.3 is 20.1 Å². The predicted octanol–water partition coefficient (Wildman–Crippen LogP) is 4.40. The van der Waals surface area contributed by atoms with Crippen LogP contribution in [0, 0.1) is 6.92 Å². The lowest BCUT2D eigenvalue weighted by molar-refractivity contribution is 0.0667. The van der Waals surface area contributed by atoms with Crippen LogP contribution in [0.4, 0.5) is 11.6 Å². The predicted molar refractivity (Wildman–Crippen MR) is 129 cm³/mol. The molecule has 6 rings (SSSR count). The second kappa shape index (κ2) is 8.42. The topological polar surface area (TPSA) is 113 Å². The summed E-state index contributed by atoms with van der Waals surface area (Å²) in [5.74, 6) is 2.07. The zero-order chi connectivity index (χ0) is 23.1. The van der Waals surface area contributed by atoms with Gasteiger partial charge in [0.2, 0.25) is 0 Å². The highest BCUT2D eigenvalue weighted by molar-refractivity contribution is 5.76. The molecule has 0 unspecified atom stereocenters. The first-order valence-electron chi connectivity index (χ1n) is 11.5. The van der Waals surface area contributed by atoms with Crippen molar-refractivity contribution in [3.63, 3.8) is 0 Å². The summed E-state index contributed by atoms with van der Waals surface area (Å²) < 4.78 is 8.17. The van der Waals surface area contributed by atoms with Gasteiger partial charge in [-0.05, 0) is 62.4 Å². The normalized spacial score (nSPS) is 18.4. The van der Waals surface area contributed by atoms with Crippen LogP contribution in [0.3, 0.4) is 0 Å². The van der Waals surface area contributed by atoms with Crippen LogP contribution < -0.4 is 10.1 Å². The number of aromatic nitrogens is 6. The average Bonchev–Trinajstić information content (AvgIpc) is 3.47. The second-order valence-corrected chi connectivity index (χ2v) is 8.78. The summed E-state index contributed by atoms with van der Waals surface area (Å²) in [4.78, 5) is 16.4. The molecule has 0 aliphatic heterocycles. The Hall–Kier alpha value is -3.98. The average molecular weight is 456 g/mol. The van der Waals surface area contributed by atoms with E-state index < -0.39 is 0 Å². The van der Waals surface area contributed by atoms with Crippen molar-refractivity contribution in [2.45, 2.75) is 44.8 Å². The first kappa shape index (κ1) is 20.6. The highest BCUT2D eigenvalue weighted by atomic mass is 16.5. The molecule has 1 fully saturated rings. The fraction of sp³-hybridized carbons (Fsp3) is 0.280. The van der Waals surface area contributed by atoms with Crippen LogP contribution in [-0.2, 0) is 0 Å². The number of ether oxygens (including phenoxy) is 1. The monoisotopic (exact) mass is 455 g/mol. The first-order chi connectivity index (χ1) is 16.6. The van der Waals surface area contributed by atoms with Crippen LogP contribution in [-0.4, -0.2) is 46.9 Å². The number of anilines is 2. The van der Waals surface area contributed by atoms with E-state index in [0.29, 0.717) is 11.6 Å². The molecule has 0 saturated heterocycles. The Bertz CT molecular complexity index is 1470. The van der Waals surface area contributed by atoms with Crippen LogP contribution in [0.15, 0.2) is 55.1 Å². The summed E-state index contributed by atoms with van der Waals surface area (Å²) in [5.41, 5.74) is 5.44. The number of nitrogens with zero attached hydrogens (tertiary/aromatic N) is 5. The molecule has 1 aliphatic rings. The lowest BCUT2D eigenvalue weighted by Gasteiger charge is -2.27. The van der Waals surface area contributed by atoms with E-state index in [1.165, 1.54) is 0 Å². The van der Waals surface area contributed by atoms with E-state index in [-0.39, 0.29) is 12.2 Å². The van der Waals surface area contributed by atoms with E-state index in [4.69, 9.17) is 4.74 Å². The number of aryl methyl sites for hydroxylation is 1. The van der Waals surface area contributed by atoms with E-state index in [9.17, 15) is 5.11 Å². The number of hydrogen-bond acceptors (Lipinski definition) is 7. The molecule has 9 nitrogen and oxygen atoms in total. The van der Waals surface area contributed by atoms with Gasteiger partial charge in [0.05, 0.1) is 30.1 Å². The molecule has 0 atom stereocenters. The maximum Gasteiger partial charge on any atom is 0.158 e. The Morgan fingerprint density at radius 2 is 1.94 bits per heavy atom. The van der Waals surface area contributed by atoms with Crippen LogP contribution in [0.25, 0.3) is 27.8 Å². The van der Waals surface area contributed by atoms with Crippen LogP contribution in [0.5, 0.6) is 5.75 Å². The van der Waals surface area contributed by atoms with E-state index >= 15 is 0 Å². The van der Waals surface area contributed by atoms with Gasteiger partial charge in [0.15, 0.2) is 17.3 Å². The molecule has 1 aliphatic carbocycles. The summed E-state index contributed by atoms with van der Waals surface area (Å²) >= 11 is 0. The van der Waals surface area contributed by atoms with Gasteiger partial charge in [-0.1, -0.05) is 0 Å². The lowest BCUT2D eigenvalue weighted by Crippen LogP contribution is -2.26. The van der Waals surface area contributed by atoms with Gasteiger partial charge >= 0.3 is 0 Å². The van der Waals surface area contributed by atoms with Crippen molar-refractivity contribution in [3.8, 4) is 16.9 Å². The van der Waals surface area contributed by atoms with Crippen molar-refractivity contribution in [1.82, 2.24) is 29.5 Å². The quantitative estimate of drug-likeness (QED) is 0.360. The Kier molecular flexibility index (Phi) is 5.10. The highest BCUT2D eigenvalue weighted by Gasteiger charge is 2.22. The van der Waals surface area contributed by atoms with Crippen LogP contribution in [0.1, 0.15) is 31.4 Å². The third-order valence-corrected chi connectivity index (χ3v) is 6.23. The van der Waals surface area contributed by atoms with E-state index in [0.717, 1.165) is 64.9 Å². The number of H-pyrrole nitrogens is 1.